The lowest BCUT2D eigenvalue weighted by molar-refractivity contribution is -0.119. The van der Waals surface area contributed by atoms with Gasteiger partial charge in [0.05, 0.1) is 14.2 Å². The maximum absolute atomic E-state index is 12.3. The van der Waals surface area contributed by atoms with Crippen LogP contribution in [0, 0.1) is 0 Å². The summed E-state index contributed by atoms with van der Waals surface area (Å²) in [6.07, 6.45) is 1.69. The number of methoxy groups -OCH3 is 2. The molecular weight excluding hydrogens is 392 g/mol. The Balaban J connectivity index is 1.59. The van der Waals surface area contributed by atoms with Crippen molar-refractivity contribution < 1.29 is 14.3 Å². The SMILES string of the molecule is CCNC(=NCC(=O)NCCc1ccccc1)N1CCc2cc(OC)c(OC)cc2C1. The number of aliphatic imine (C=N–C) groups is 1. The lowest BCUT2D eigenvalue weighted by Crippen LogP contribution is -2.44. The van der Waals surface area contributed by atoms with Crippen LogP contribution in [0.1, 0.15) is 23.6 Å². The Morgan fingerprint density at radius 1 is 1.06 bits per heavy atom. The van der Waals surface area contributed by atoms with E-state index in [4.69, 9.17) is 9.47 Å². The van der Waals surface area contributed by atoms with E-state index >= 15 is 0 Å². The van der Waals surface area contributed by atoms with Crippen LogP contribution in [0.25, 0.3) is 0 Å². The molecule has 0 saturated carbocycles. The Morgan fingerprint density at radius 2 is 1.77 bits per heavy atom. The van der Waals surface area contributed by atoms with E-state index in [0.29, 0.717) is 13.1 Å². The lowest BCUT2D eigenvalue weighted by Gasteiger charge is -2.32. The number of ether oxygens (including phenoxy) is 2. The van der Waals surface area contributed by atoms with Gasteiger partial charge in [0.1, 0.15) is 6.54 Å². The van der Waals surface area contributed by atoms with E-state index in [1.54, 1.807) is 14.2 Å². The Kier molecular flexibility index (Phi) is 8.15. The van der Waals surface area contributed by atoms with Crippen molar-refractivity contribution in [2.75, 3.05) is 40.4 Å². The summed E-state index contributed by atoms with van der Waals surface area (Å²) in [7, 11) is 3.30. The molecule has 3 rings (SSSR count). The highest BCUT2D eigenvalue weighted by Crippen LogP contribution is 2.33. The van der Waals surface area contributed by atoms with Gasteiger partial charge >= 0.3 is 0 Å². The first-order valence-electron chi connectivity index (χ1n) is 10.7. The predicted molar refractivity (Wildman–Crippen MR) is 123 cm³/mol. The molecular formula is C24H32N4O3. The summed E-state index contributed by atoms with van der Waals surface area (Å²) in [4.78, 5) is 19.0. The highest BCUT2D eigenvalue weighted by molar-refractivity contribution is 5.85. The number of nitrogens with one attached hydrogen (secondary N) is 2. The predicted octanol–water partition coefficient (Wildman–Crippen LogP) is 2.39. The van der Waals surface area contributed by atoms with Crippen LogP contribution in [0.2, 0.25) is 0 Å². The normalized spacial score (nSPS) is 13.4. The van der Waals surface area contributed by atoms with Gasteiger partial charge < -0.3 is 25.0 Å². The fraction of sp³-hybridized carbons (Fsp3) is 0.417. The van der Waals surface area contributed by atoms with E-state index in [2.05, 4.69) is 38.7 Å². The second-order valence-electron chi connectivity index (χ2n) is 7.40. The van der Waals surface area contributed by atoms with E-state index in [1.807, 2.05) is 31.2 Å². The number of fused-ring (bicyclic) bond motifs is 1. The van der Waals surface area contributed by atoms with Gasteiger partial charge in [-0.3, -0.25) is 4.79 Å². The van der Waals surface area contributed by atoms with E-state index in [-0.39, 0.29) is 12.5 Å². The number of carbonyl (C=O) groups is 1. The van der Waals surface area contributed by atoms with Gasteiger partial charge in [0.15, 0.2) is 17.5 Å². The number of hydrogen-bond acceptors (Lipinski definition) is 4. The highest BCUT2D eigenvalue weighted by Gasteiger charge is 2.21. The second-order valence-corrected chi connectivity index (χ2v) is 7.40. The average molecular weight is 425 g/mol. The van der Waals surface area contributed by atoms with Crippen molar-refractivity contribution in [2.45, 2.75) is 26.3 Å². The number of benzene rings is 2. The molecule has 0 atom stereocenters. The Morgan fingerprint density at radius 3 is 2.45 bits per heavy atom. The molecule has 1 aliphatic rings. The van der Waals surface area contributed by atoms with Crippen LogP contribution < -0.4 is 20.1 Å². The Bertz CT molecular complexity index is 899. The third kappa shape index (κ3) is 6.13. The topological polar surface area (TPSA) is 75.2 Å². The van der Waals surface area contributed by atoms with E-state index in [9.17, 15) is 4.79 Å². The second kappa shape index (κ2) is 11.2. The summed E-state index contributed by atoms with van der Waals surface area (Å²) in [5, 5.41) is 6.26. The Labute approximate surface area is 184 Å². The van der Waals surface area contributed by atoms with Gasteiger partial charge in [-0.25, -0.2) is 4.99 Å². The number of amides is 1. The molecule has 0 aromatic heterocycles. The summed E-state index contributed by atoms with van der Waals surface area (Å²) in [6, 6.07) is 14.2. The fourth-order valence-electron chi connectivity index (χ4n) is 3.68. The zero-order valence-electron chi connectivity index (χ0n) is 18.6. The largest absolute Gasteiger partial charge is 0.493 e. The molecule has 0 fully saturated rings. The minimum absolute atomic E-state index is 0.0739. The molecule has 1 heterocycles. The van der Waals surface area contributed by atoms with Crippen LogP contribution in [-0.2, 0) is 24.2 Å². The van der Waals surface area contributed by atoms with Gasteiger partial charge in [-0.05, 0) is 48.6 Å². The van der Waals surface area contributed by atoms with E-state index < -0.39 is 0 Å². The van der Waals surface area contributed by atoms with Crippen molar-refractivity contribution in [3.63, 3.8) is 0 Å². The zero-order valence-corrected chi connectivity index (χ0v) is 18.6. The highest BCUT2D eigenvalue weighted by atomic mass is 16.5. The van der Waals surface area contributed by atoms with Gasteiger partial charge in [0.2, 0.25) is 5.91 Å². The smallest absolute Gasteiger partial charge is 0.241 e. The van der Waals surface area contributed by atoms with Crippen molar-refractivity contribution in [3.05, 3.63) is 59.2 Å². The van der Waals surface area contributed by atoms with Gasteiger partial charge in [-0.1, -0.05) is 30.3 Å². The molecule has 31 heavy (non-hydrogen) atoms. The van der Waals surface area contributed by atoms with Gasteiger partial charge in [0.25, 0.3) is 0 Å². The van der Waals surface area contributed by atoms with Crippen LogP contribution in [0.3, 0.4) is 0 Å². The molecule has 0 aliphatic carbocycles. The van der Waals surface area contributed by atoms with Crippen molar-refractivity contribution in [1.82, 2.24) is 15.5 Å². The van der Waals surface area contributed by atoms with Crippen LogP contribution in [0.4, 0.5) is 0 Å². The summed E-state index contributed by atoms with van der Waals surface area (Å²) in [6.45, 7) is 5.01. The Hall–Kier alpha value is -3.22. The average Bonchev–Trinajstić information content (AvgIpc) is 2.81. The molecule has 1 aliphatic heterocycles. The number of rotatable bonds is 8. The molecule has 2 aromatic carbocycles. The van der Waals surface area contributed by atoms with E-state index in [1.165, 1.54) is 16.7 Å². The third-order valence-corrected chi connectivity index (χ3v) is 5.30. The summed E-state index contributed by atoms with van der Waals surface area (Å²) in [5.74, 6) is 2.15. The fourth-order valence-corrected chi connectivity index (χ4v) is 3.68. The summed E-state index contributed by atoms with van der Waals surface area (Å²) < 4.78 is 10.9. The van der Waals surface area contributed by atoms with Crippen LogP contribution in [-0.4, -0.2) is 57.2 Å². The quantitative estimate of drug-likeness (QED) is 0.503. The number of carbonyl (C=O) groups excluding carboxylic acids is 1. The minimum atomic E-state index is -0.0739. The van der Waals surface area contributed by atoms with Crippen LogP contribution in [0.15, 0.2) is 47.5 Å². The molecule has 0 bridgehead atoms. The minimum Gasteiger partial charge on any atom is -0.493 e. The van der Waals surface area contributed by atoms with Gasteiger partial charge in [-0.15, -0.1) is 0 Å². The van der Waals surface area contributed by atoms with Gasteiger partial charge in [-0.2, -0.15) is 0 Å². The molecule has 0 spiro atoms. The maximum Gasteiger partial charge on any atom is 0.241 e. The van der Waals surface area contributed by atoms with E-state index in [0.717, 1.165) is 43.4 Å². The molecule has 7 nitrogen and oxygen atoms in total. The lowest BCUT2D eigenvalue weighted by atomic mass is 9.99. The first kappa shape index (κ1) is 22.5. The standard InChI is InChI=1S/C24H32N4O3/c1-4-25-24(27-16-23(29)26-12-10-18-8-6-5-7-9-18)28-13-11-19-14-21(30-2)22(31-3)15-20(19)17-28/h5-9,14-15H,4,10-13,16-17H2,1-3H3,(H,25,27)(H,26,29). The first-order chi connectivity index (χ1) is 15.1. The van der Waals surface area contributed by atoms with Gasteiger partial charge in [0, 0.05) is 26.2 Å². The number of hydrogen-bond donors (Lipinski definition) is 2. The zero-order chi connectivity index (χ0) is 22.1. The molecule has 0 unspecified atom stereocenters. The molecule has 0 saturated heterocycles. The van der Waals surface area contributed by atoms with Crippen molar-refractivity contribution in [1.29, 1.82) is 0 Å². The summed E-state index contributed by atoms with van der Waals surface area (Å²) in [5.41, 5.74) is 3.64. The molecule has 0 radical (unpaired) electrons. The van der Waals surface area contributed by atoms with Crippen molar-refractivity contribution >= 4 is 11.9 Å². The maximum atomic E-state index is 12.3. The monoisotopic (exact) mass is 424 g/mol. The first-order valence-corrected chi connectivity index (χ1v) is 10.7. The molecule has 166 valence electrons. The summed E-state index contributed by atoms with van der Waals surface area (Å²) >= 11 is 0. The third-order valence-electron chi connectivity index (χ3n) is 5.30. The molecule has 2 N–H and O–H groups in total. The van der Waals surface area contributed by atoms with Crippen LogP contribution in [0.5, 0.6) is 11.5 Å². The molecule has 7 heteroatoms. The number of nitrogens with zero attached hydrogens (tertiary/aromatic N) is 2. The molecule has 1 amide bonds. The van der Waals surface area contributed by atoms with Crippen LogP contribution >= 0.6 is 0 Å². The number of guanidine groups is 1. The molecule has 2 aromatic rings. The van der Waals surface area contributed by atoms with Crippen molar-refractivity contribution in [2.24, 2.45) is 4.99 Å². The van der Waals surface area contributed by atoms with Crippen molar-refractivity contribution in [3.8, 4) is 11.5 Å².